The molecule has 2 heterocycles. The number of benzene rings is 1. The molecule has 3 rings (SSSR count). The van der Waals surface area contributed by atoms with E-state index in [-0.39, 0.29) is 5.82 Å². The second kappa shape index (κ2) is 5.60. The lowest BCUT2D eigenvalue weighted by Gasteiger charge is -2.37. The van der Waals surface area contributed by atoms with Crippen LogP contribution in [0.4, 0.5) is 21.6 Å². The number of nitrogens with two attached hydrogens (primary N) is 1. The molecule has 21 heavy (non-hydrogen) atoms. The molecule has 1 aromatic heterocycles. The average Bonchev–Trinajstić information content (AvgIpc) is 2.51. The quantitative estimate of drug-likeness (QED) is 0.921. The molecule has 0 saturated carbocycles. The molecule has 1 fully saturated rings. The van der Waals surface area contributed by atoms with Gasteiger partial charge < -0.3 is 15.5 Å². The van der Waals surface area contributed by atoms with Crippen molar-refractivity contribution < 1.29 is 4.39 Å². The number of halogens is 1. The van der Waals surface area contributed by atoms with Crippen LogP contribution in [0.5, 0.6) is 0 Å². The molecule has 0 spiro atoms. The first-order valence-corrected chi connectivity index (χ1v) is 7.13. The first-order valence-electron chi connectivity index (χ1n) is 7.13. The van der Waals surface area contributed by atoms with E-state index in [1.54, 1.807) is 6.07 Å². The summed E-state index contributed by atoms with van der Waals surface area (Å²) in [7, 11) is 0. The summed E-state index contributed by atoms with van der Waals surface area (Å²) >= 11 is 0. The van der Waals surface area contributed by atoms with E-state index in [0.717, 1.165) is 37.7 Å². The number of hydrogen-bond donors (Lipinski definition) is 1. The minimum absolute atomic E-state index is 0.160. The molecule has 4 nitrogen and oxygen atoms in total. The summed E-state index contributed by atoms with van der Waals surface area (Å²) in [6, 6.07) is 10.8. The lowest BCUT2D eigenvalue weighted by molar-refractivity contribution is 0.596. The Morgan fingerprint density at radius 2 is 1.67 bits per heavy atom. The number of para-hydroxylation sites is 1. The Bertz CT molecular complexity index is 636. The second-order valence-electron chi connectivity index (χ2n) is 5.27. The number of nitrogen functional groups attached to an aromatic ring is 1. The summed E-state index contributed by atoms with van der Waals surface area (Å²) in [4.78, 5) is 8.81. The predicted molar refractivity (Wildman–Crippen MR) is 84.2 cm³/mol. The van der Waals surface area contributed by atoms with Crippen molar-refractivity contribution in [3.05, 3.63) is 47.9 Å². The first-order chi connectivity index (χ1) is 10.1. The van der Waals surface area contributed by atoms with Gasteiger partial charge in [0, 0.05) is 26.2 Å². The second-order valence-corrected chi connectivity index (χ2v) is 5.27. The van der Waals surface area contributed by atoms with E-state index in [0.29, 0.717) is 11.4 Å². The number of nitrogens with zero attached hydrogens (tertiary/aromatic N) is 3. The maximum atomic E-state index is 13.8. The number of aryl methyl sites for hydroxylation is 1. The standard InChI is InChI=1S/C16H19FN4/c1-12-14(18)6-7-16(19-12)21-10-8-20(9-11-21)15-5-3-2-4-13(15)17/h2-7H,8-11,18H2,1H3. The van der Waals surface area contributed by atoms with E-state index in [2.05, 4.69) is 14.8 Å². The van der Waals surface area contributed by atoms with Crippen molar-refractivity contribution >= 4 is 17.2 Å². The van der Waals surface area contributed by atoms with Gasteiger partial charge in [0.2, 0.25) is 0 Å². The van der Waals surface area contributed by atoms with E-state index in [4.69, 9.17) is 5.73 Å². The first kappa shape index (κ1) is 13.7. The lowest BCUT2D eigenvalue weighted by Crippen LogP contribution is -2.47. The molecule has 0 atom stereocenters. The van der Waals surface area contributed by atoms with Gasteiger partial charge in [0.05, 0.1) is 17.1 Å². The largest absolute Gasteiger partial charge is 0.397 e. The maximum Gasteiger partial charge on any atom is 0.146 e. The monoisotopic (exact) mass is 286 g/mol. The van der Waals surface area contributed by atoms with Crippen LogP contribution >= 0.6 is 0 Å². The zero-order valence-corrected chi connectivity index (χ0v) is 12.1. The van der Waals surface area contributed by atoms with E-state index in [9.17, 15) is 4.39 Å². The number of hydrogen-bond acceptors (Lipinski definition) is 4. The molecule has 1 aromatic carbocycles. The molecular formula is C16H19FN4. The van der Waals surface area contributed by atoms with Crippen LogP contribution in [-0.4, -0.2) is 31.2 Å². The van der Waals surface area contributed by atoms with Crippen molar-refractivity contribution in [1.82, 2.24) is 4.98 Å². The Morgan fingerprint density at radius 3 is 2.33 bits per heavy atom. The molecule has 1 aliphatic rings. The molecule has 1 aliphatic heterocycles. The number of pyridine rings is 1. The zero-order chi connectivity index (χ0) is 14.8. The molecule has 110 valence electrons. The fraction of sp³-hybridized carbons (Fsp3) is 0.312. The zero-order valence-electron chi connectivity index (χ0n) is 12.1. The third-order valence-electron chi connectivity index (χ3n) is 3.91. The predicted octanol–water partition coefficient (Wildman–Crippen LogP) is 2.44. The minimum atomic E-state index is -0.160. The van der Waals surface area contributed by atoms with Gasteiger partial charge in [-0.25, -0.2) is 9.37 Å². The van der Waals surface area contributed by atoms with Gasteiger partial charge >= 0.3 is 0 Å². The van der Waals surface area contributed by atoms with Crippen molar-refractivity contribution in [3.63, 3.8) is 0 Å². The van der Waals surface area contributed by atoms with E-state index >= 15 is 0 Å². The number of anilines is 3. The molecule has 0 unspecified atom stereocenters. The van der Waals surface area contributed by atoms with Crippen LogP contribution in [0.3, 0.4) is 0 Å². The van der Waals surface area contributed by atoms with Crippen LogP contribution in [0, 0.1) is 12.7 Å². The van der Waals surface area contributed by atoms with Crippen molar-refractivity contribution in [2.75, 3.05) is 41.7 Å². The molecule has 2 aromatic rings. The van der Waals surface area contributed by atoms with Gasteiger partial charge in [-0.3, -0.25) is 0 Å². The maximum absolute atomic E-state index is 13.8. The summed E-state index contributed by atoms with van der Waals surface area (Å²) in [6.07, 6.45) is 0. The van der Waals surface area contributed by atoms with Gasteiger partial charge in [0.25, 0.3) is 0 Å². The molecule has 5 heteroatoms. The van der Waals surface area contributed by atoms with Gasteiger partial charge in [-0.1, -0.05) is 12.1 Å². The summed E-state index contributed by atoms with van der Waals surface area (Å²) in [5.74, 6) is 0.780. The lowest BCUT2D eigenvalue weighted by atomic mass is 10.2. The van der Waals surface area contributed by atoms with E-state index < -0.39 is 0 Å². The van der Waals surface area contributed by atoms with Gasteiger partial charge in [0.15, 0.2) is 0 Å². The highest BCUT2D eigenvalue weighted by Gasteiger charge is 2.20. The number of aromatic nitrogens is 1. The molecule has 0 bridgehead atoms. The Balaban J connectivity index is 1.70. The topological polar surface area (TPSA) is 45.4 Å². The summed E-state index contributed by atoms with van der Waals surface area (Å²) in [5, 5.41) is 0. The van der Waals surface area contributed by atoms with E-state index in [1.807, 2.05) is 31.2 Å². The molecule has 0 radical (unpaired) electrons. The summed E-state index contributed by atoms with van der Waals surface area (Å²) in [6.45, 7) is 5.13. The number of piperazine rings is 1. The molecule has 1 saturated heterocycles. The van der Waals surface area contributed by atoms with Gasteiger partial charge in [0.1, 0.15) is 11.6 Å². The van der Waals surface area contributed by atoms with Crippen LogP contribution < -0.4 is 15.5 Å². The van der Waals surface area contributed by atoms with Gasteiger partial charge in [-0.15, -0.1) is 0 Å². The summed E-state index contributed by atoms with van der Waals surface area (Å²) < 4.78 is 13.8. The molecular weight excluding hydrogens is 267 g/mol. The SMILES string of the molecule is Cc1nc(N2CCN(c3ccccc3F)CC2)ccc1N. The van der Waals surface area contributed by atoms with Crippen molar-refractivity contribution in [2.45, 2.75) is 6.92 Å². The fourth-order valence-corrected chi connectivity index (χ4v) is 2.62. The van der Waals surface area contributed by atoms with Crippen molar-refractivity contribution in [3.8, 4) is 0 Å². The Labute approximate surface area is 124 Å². The highest BCUT2D eigenvalue weighted by atomic mass is 19.1. The third kappa shape index (κ3) is 2.77. The van der Waals surface area contributed by atoms with Crippen molar-refractivity contribution in [1.29, 1.82) is 0 Å². The van der Waals surface area contributed by atoms with Crippen LogP contribution in [0.25, 0.3) is 0 Å². The smallest absolute Gasteiger partial charge is 0.146 e. The summed E-state index contributed by atoms with van der Waals surface area (Å²) in [5.41, 5.74) is 8.04. The van der Waals surface area contributed by atoms with Gasteiger partial charge in [-0.05, 0) is 31.2 Å². The highest BCUT2D eigenvalue weighted by molar-refractivity contribution is 5.53. The van der Waals surface area contributed by atoms with Crippen LogP contribution in [0.1, 0.15) is 5.69 Å². The van der Waals surface area contributed by atoms with Crippen LogP contribution in [0.2, 0.25) is 0 Å². The average molecular weight is 286 g/mol. The highest BCUT2D eigenvalue weighted by Crippen LogP contribution is 2.22. The normalized spacial score (nSPS) is 15.3. The third-order valence-corrected chi connectivity index (χ3v) is 3.91. The minimum Gasteiger partial charge on any atom is -0.397 e. The Morgan fingerprint density at radius 1 is 1.00 bits per heavy atom. The molecule has 0 amide bonds. The Kier molecular flexibility index (Phi) is 3.64. The van der Waals surface area contributed by atoms with Crippen LogP contribution in [0.15, 0.2) is 36.4 Å². The Hall–Kier alpha value is -2.30. The fourth-order valence-electron chi connectivity index (χ4n) is 2.62. The number of rotatable bonds is 2. The van der Waals surface area contributed by atoms with E-state index in [1.165, 1.54) is 6.07 Å². The van der Waals surface area contributed by atoms with Gasteiger partial charge in [-0.2, -0.15) is 0 Å². The van der Waals surface area contributed by atoms with Crippen molar-refractivity contribution in [2.24, 2.45) is 0 Å². The molecule has 0 aliphatic carbocycles. The van der Waals surface area contributed by atoms with Crippen LogP contribution in [-0.2, 0) is 0 Å². The molecule has 2 N–H and O–H groups in total.